The molecule has 0 amide bonds. The number of hydrogen-bond donors (Lipinski definition) is 0. The van der Waals surface area contributed by atoms with Crippen molar-refractivity contribution in [2.24, 2.45) is 0 Å². The summed E-state index contributed by atoms with van der Waals surface area (Å²) in [7, 11) is 0. The average Bonchev–Trinajstić information content (AvgIpc) is 3.82. The van der Waals surface area contributed by atoms with Crippen LogP contribution in [-0.4, -0.2) is 4.57 Å². The lowest BCUT2D eigenvalue weighted by molar-refractivity contribution is 0.669. The molecule has 9 aromatic carbocycles. The molecule has 258 valence electrons. The minimum atomic E-state index is 0.868. The van der Waals surface area contributed by atoms with Crippen molar-refractivity contribution < 1.29 is 4.42 Å². The van der Waals surface area contributed by atoms with Crippen molar-refractivity contribution in [3.8, 4) is 27.9 Å². The summed E-state index contributed by atoms with van der Waals surface area (Å²) >= 11 is 0. The number of para-hydroxylation sites is 2. The van der Waals surface area contributed by atoms with Gasteiger partial charge in [-0.2, -0.15) is 0 Å². The monoisotopic (exact) mass is 702 g/mol. The Morgan fingerprint density at radius 2 is 0.927 bits per heavy atom. The van der Waals surface area contributed by atoms with E-state index in [2.05, 4.69) is 210 Å². The van der Waals surface area contributed by atoms with E-state index in [0.29, 0.717) is 0 Å². The molecule has 0 fully saturated rings. The molecule has 0 N–H and O–H groups in total. The molecule has 0 aliphatic heterocycles. The van der Waals surface area contributed by atoms with Gasteiger partial charge in [0.2, 0.25) is 0 Å². The van der Waals surface area contributed by atoms with Crippen molar-refractivity contribution in [3.63, 3.8) is 0 Å². The van der Waals surface area contributed by atoms with Crippen molar-refractivity contribution in [2.75, 3.05) is 4.90 Å². The molecule has 0 saturated heterocycles. The van der Waals surface area contributed by atoms with Gasteiger partial charge in [0.1, 0.15) is 5.58 Å². The quantitative estimate of drug-likeness (QED) is 0.172. The highest BCUT2D eigenvalue weighted by Crippen LogP contribution is 2.46. The van der Waals surface area contributed by atoms with Gasteiger partial charge in [-0.25, -0.2) is 0 Å². The van der Waals surface area contributed by atoms with Crippen LogP contribution in [0.3, 0.4) is 0 Å². The first-order valence-corrected chi connectivity index (χ1v) is 18.8. The molecule has 11 rings (SSSR count). The molecule has 11 aromatic rings. The van der Waals surface area contributed by atoms with Crippen molar-refractivity contribution in [3.05, 3.63) is 206 Å². The Kier molecular flexibility index (Phi) is 7.17. The van der Waals surface area contributed by atoms with Crippen LogP contribution in [0.1, 0.15) is 0 Å². The van der Waals surface area contributed by atoms with E-state index in [-0.39, 0.29) is 0 Å². The lowest BCUT2D eigenvalue weighted by Crippen LogP contribution is -2.10. The van der Waals surface area contributed by atoms with Gasteiger partial charge in [-0.3, -0.25) is 0 Å². The standard InChI is InChI=1S/C52H34N2O/c1-3-13-35(14-4-1)37-23-26-40(27-24-37)53(49-34-39-17-7-8-18-43(39)51-45-20-10-12-22-50(45)55-52(49)51)41-28-30-42(31-29-41)54-47-21-11-9-19-44(47)46-33-38(25-32-48(46)54)36-15-5-2-6-16-36/h1-34H. The highest BCUT2D eigenvalue weighted by atomic mass is 16.3. The molecule has 3 nitrogen and oxygen atoms in total. The summed E-state index contributed by atoms with van der Waals surface area (Å²) in [6.07, 6.45) is 0. The minimum absolute atomic E-state index is 0.868. The zero-order valence-corrected chi connectivity index (χ0v) is 29.9. The number of nitrogens with zero attached hydrogens (tertiary/aromatic N) is 2. The second-order valence-corrected chi connectivity index (χ2v) is 14.1. The van der Waals surface area contributed by atoms with Gasteiger partial charge in [-0.1, -0.05) is 140 Å². The van der Waals surface area contributed by atoms with E-state index in [9.17, 15) is 0 Å². The largest absolute Gasteiger partial charge is 0.454 e. The fraction of sp³-hybridized carbons (Fsp3) is 0. The Morgan fingerprint density at radius 1 is 0.382 bits per heavy atom. The molecule has 0 atom stereocenters. The lowest BCUT2D eigenvalue weighted by atomic mass is 10.0. The van der Waals surface area contributed by atoms with Crippen LogP contribution in [0.2, 0.25) is 0 Å². The van der Waals surface area contributed by atoms with Crippen LogP contribution in [-0.2, 0) is 0 Å². The summed E-state index contributed by atoms with van der Waals surface area (Å²) in [4.78, 5) is 2.34. The van der Waals surface area contributed by atoms with E-state index in [1.54, 1.807) is 0 Å². The predicted molar refractivity (Wildman–Crippen MR) is 231 cm³/mol. The van der Waals surface area contributed by atoms with Crippen LogP contribution in [0.5, 0.6) is 0 Å². The number of anilines is 3. The smallest absolute Gasteiger partial charge is 0.160 e. The lowest BCUT2D eigenvalue weighted by Gasteiger charge is -2.26. The first-order chi connectivity index (χ1) is 27.3. The van der Waals surface area contributed by atoms with Gasteiger partial charge in [0.15, 0.2) is 5.58 Å². The van der Waals surface area contributed by atoms with Crippen LogP contribution in [0, 0.1) is 0 Å². The van der Waals surface area contributed by atoms with Crippen LogP contribution >= 0.6 is 0 Å². The topological polar surface area (TPSA) is 21.3 Å². The summed E-state index contributed by atoms with van der Waals surface area (Å²) in [5.74, 6) is 0. The van der Waals surface area contributed by atoms with Crippen LogP contribution in [0.15, 0.2) is 211 Å². The highest BCUT2D eigenvalue weighted by Gasteiger charge is 2.22. The van der Waals surface area contributed by atoms with Gasteiger partial charge < -0.3 is 13.9 Å². The third kappa shape index (κ3) is 5.13. The van der Waals surface area contributed by atoms with Crippen LogP contribution in [0.25, 0.3) is 82.5 Å². The van der Waals surface area contributed by atoms with Crippen molar-refractivity contribution in [2.45, 2.75) is 0 Å². The Morgan fingerprint density at radius 3 is 1.67 bits per heavy atom. The molecule has 0 saturated carbocycles. The van der Waals surface area contributed by atoms with E-state index < -0.39 is 0 Å². The van der Waals surface area contributed by atoms with Crippen LogP contribution < -0.4 is 4.90 Å². The number of hydrogen-bond acceptors (Lipinski definition) is 2. The van der Waals surface area contributed by atoms with Gasteiger partial charge in [0.25, 0.3) is 0 Å². The molecule has 2 aromatic heterocycles. The third-order valence-corrected chi connectivity index (χ3v) is 11.0. The number of fused-ring (bicyclic) bond motifs is 8. The molecule has 0 radical (unpaired) electrons. The number of aromatic nitrogens is 1. The molecule has 2 heterocycles. The number of rotatable bonds is 6. The molecular weight excluding hydrogens is 669 g/mol. The van der Waals surface area contributed by atoms with Gasteiger partial charge in [-0.05, 0) is 99.8 Å². The highest BCUT2D eigenvalue weighted by molar-refractivity contribution is 6.23. The van der Waals surface area contributed by atoms with Gasteiger partial charge in [0, 0.05) is 38.6 Å². The summed E-state index contributed by atoms with van der Waals surface area (Å²) < 4.78 is 9.17. The third-order valence-electron chi connectivity index (χ3n) is 11.0. The average molecular weight is 703 g/mol. The number of furan rings is 1. The molecule has 0 spiro atoms. The summed E-state index contributed by atoms with van der Waals surface area (Å²) in [5.41, 5.74) is 13.1. The van der Waals surface area contributed by atoms with E-state index in [1.165, 1.54) is 54.8 Å². The summed E-state index contributed by atoms with van der Waals surface area (Å²) in [6.45, 7) is 0. The number of benzene rings is 9. The molecule has 0 aliphatic carbocycles. The first kappa shape index (κ1) is 31.2. The van der Waals surface area contributed by atoms with Gasteiger partial charge in [-0.15, -0.1) is 0 Å². The normalized spacial score (nSPS) is 11.6. The van der Waals surface area contributed by atoms with Crippen LogP contribution in [0.4, 0.5) is 17.1 Å². The maximum absolute atomic E-state index is 6.78. The molecule has 0 bridgehead atoms. The zero-order chi connectivity index (χ0) is 36.3. The van der Waals surface area contributed by atoms with Gasteiger partial charge in [0.05, 0.1) is 16.7 Å². The molecule has 55 heavy (non-hydrogen) atoms. The second-order valence-electron chi connectivity index (χ2n) is 14.1. The maximum Gasteiger partial charge on any atom is 0.160 e. The Bertz CT molecular complexity index is 3180. The Labute approximate surface area is 318 Å². The fourth-order valence-corrected chi connectivity index (χ4v) is 8.40. The van der Waals surface area contributed by atoms with Crippen molar-refractivity contribution in [1.82, 2.24) is 4.57 Å². The maximum atomic E-state index is 6.78. The molecular formula is C52H34N2O. The second kappa shape index (κ2) is 12.6. The summed E-state index contributed by atoms with van der Waals surface area (Å²) in [6, 6.07) is 73.8. The van der Waals surface area contributed by atoms with Crippen molar-refractivity contribution >= 4 is 71.6 Å². The zero-order valence-electron chi connectivity index (χ0n) is 29.9. The van der Waals surface area contributed by atoms with E-state index >= 15 is 0 Å². The van der Waals surface area contributed by atoms with E-state index in [1.807, 2.05) is 6.07 Å². The molecule has 0 aliphatic rings. The fourth-order valence-electron chi connectivity index (χ4n) is 8.40. The Hall–Kier alpha value is -7.36. The molecule has 0 unspecified atom stereocenters. The van der Waals surface area contributed by atoms with E-state index in [4.69, 9.17) is 4.42 Å². The summed E-state index contributed by atoms with van der Waals surface area (Å²) in [5, 5.41) is 7.08. The van der Waals surface area contributed by atoms with Crippen molar-refractivity contribution in [1.29, 1.82) is 0 Å². The van der Waals surface area contributed by atoms with Gasteiger partial charge >= 0.3 is 0 Å². The predicted octanol–water partition coefficient (Wildman–Crippen LogP) is 14.6. The molecule has 3 heteroatoms. The minimum Gasteiger partial charge on any atom is -0.454 e. The Balaban J connectivity index is 1.10. The first-order valence-electron chi connectivity index (χ1n) is 18.8. The van der Waals surface area contributed by atoms with E-state index in [0.717, 1.165) is 44.7 Å². The SMILES string of the molecule is c1ccc(-c2ccc(N(c3ccc(-n4c5ccccc5c5cc(-c6ccccc6)ccc54)cc3)c3cc4ccccc4c4c3oc3ccccc34)cc2)cc1.